The number of aliphatic hydroxyl groups excluding tert-OH is 1. The molecule has 0 bridgehead atoms. The molecule has 0 aliphatic carbocycles. The van der Waals surface area contributed by atoms with Crippen LogP contribution >= 0.6 is 15.9 Å². The molecule has 2 aromatic carbocycles. The van der Waals surface area contributed by atoms with Crippen LogP contribution in [0.5, 0.6) is 0 Å². The smallest absolute Gasteiger partial charge is 0.0794 e. The van der Waals surface area contributed by atoms with Gasteiger partial charge in [0.15, 0.2) is 0 Å². The molecule has 0 radical (unpaired) electrons. The van der Waals surface area contributed by atoms with Crippen molar-refractivity contribution in [2.45, 2.75) is 12.1 Å². The zero-order valence-corrected chi connectivity index (χ0v) is 12.1. The van der Waals surface area contributed by atoms with Crippen molar-refractivity contribution in [1.29, 1.82) is 0 Å². The van der Waals surface area contributed by atoms with Crippen LogP contribution in [-0.4, -0.2) is 29.2 Å². The van der Waals surface area contributed by atoms with Crippen molar-refractivity contribution in [2.75, 3.05) is 13.1 Å². The third kappa shape index (κ3) is 2.73. The molecule has 2 aromatic rings. The van der Waals surface area contributed by atoms with Gasteiger partial charge in [-0.15, -0.1) is 0 Å². The minimum atomic E-state index is -0.179. The fourth-order valence-electron chi connectivity index (χ4n) is 2.59. The predicted molar refractivity (Wildman–Crippen MR) is 80.0 cm³/mol. The van der Waals surface area contributed by atoms with Gasteiger partial charge in [0.25, 0.3) is 0 Å². The first-order valence-electron chi connectivity index (χ1n) is 6.46. The van der Waals surface area contributed by atoms with Gasteiger partial charge in [-0.25, -0.2) is 0 Å². The third-order valence-electron chi connectivity index (χ3n) is 3.56. The summed E-state index contributed by atoms with van der Waals surface area (Å²) in [6.07, 6.45) is -0.179. The molecule has 1 fully saturated rings. The van der Waals surface area contributed by atoms with Crippen LogP contribution in [0.3, 0.4) is 0 Å². The van der Waals surface area contributed by atoms with Gasteiger partial charge in [0.2, 0.25) is 0 Å². The van der Waals surface area contributed by atoms with Gasteiger partial charge >= 0.3 is 0 Å². The Labute approximate surface area is 121 Å². The lowest BCUT2D eigenvalue weighted by molar-refractivity contribution is -0.0160. The van der Waals surface area contributed by atoms with Gasteiger partial charge in [0.1, 0.15) is 0 Å². The fourth-order valence-corrected chi connectivity index (χ4v) is 2.86. The van der Waals surface area contributed by atoms with Crippen molar-refractivity contribution in [2.24, 2.45) is 0 Å². The molecule has 1 atom stereocenters. The molecule has 19 heavy (non-hydrogen) atoms. The largest absolute Gasteiger partial charge is 0.390 e. The molecule has 0 amide bonds. The molecule has 2 nitrogen and oxygen atoms in total. The molecule has 0 aromatic heterocycles. The second-order valence-electron chi connectivity index (χ2n) is 4.97. The Bertz CT molecular complexity index is 534. The Balaban J connectivity index is 1.95. The molecule has 0 spiro atoms. The van der Waals surface area contributed by atoms with E-state index in [-0.39, 0.29) is 12.1 Å². The average molecular weight is 318 g/mol. The van der Waals surface area contributed by atoms with Crippen LogP contribution < -0.4 is 0 Å². The summed E-state index contributed by atoms with van der Waals surface area (Å²) in [4.78, 5) is 2.31. The minimum absolute atomic E-state index is 0.179. The topological polar surface area (TPSA) is 23.5 Å². The molecular formula is C16H16BrNO. The number of nitrogens with zero attached hydrogens (tertiary/aromatic N) is 1. The maximum Gasteiger partial charge on any atom is 0.0794 e. The maximum absolute atomic E-state index is 9.56. The highest BCUT2D eigenvalue weighted by Gasteiger charge is 2.32. The van der Waals surface area contributed by atoms with E-state index >= 15 is 0 Å². The molecule has 3 rings (SSSR count). The molecule has 3 heteroatoms. The van der Waals surface area contributed by atoms with Gasteiger partial charge in [-0.1, -0.05) is 58.4 Å². The first-order chi connectivity index (χ1) is 9.24. The molecule has 0 unspecified atom stereocenters. The van der Waals surface area contributed by atoms with Gasteiger partial charge < -0.3 is 5.11 Å². The zero-order valence-electron chi connectivity index (χ0n) is 10.5. The summed E-state index contributed by atoms with van der Waals surface area (Å²) in [5.41, 5.74) is 2.54. The Kier molecular flexibility index (Phi) is 3.69. The third-order valence-corrected chi connectivity index (χ3v) is 4.09. The van der Waals surface area contributed by atoms with Crippen LogP contribution in [-0.2, 0) is 0 Å². The van der Waals surface area contributed by atoms with Gasteiger partial charge in [-0.05, 0) is 23.3 Å². The molecule has 1 heterocycles. The van der Waals surface area contributed by atoms with E-state index in [0.717, 1.165) is 17.6 Å². The van der Waals surface area contributed by atoms with Crippen LogP contribution in [0.2, 0.25) is 0 Å². The maximum atomic E-state index is 9.56. The van der Waals surface area contributed by atoms with E-state index in [1.54, 1.807) is 0 Å². The molecule has 1 aliphatic heterocycles. The van der Waals surface area contributed by atoms with Gasteiger partial charge in [0, 0.05) is 17.6 Å². The molecule has 1 saturated heterocycles. The first kappa shape index (κ1) is 12.9. The lowest BCUT2D eigenvalue weighted by Gasteiger charge is -2.42. The summed E-state index contributed by atoms with van der Waals surface area (Å²) in [5, 5.41) is 9.56. The van der Waals surface area contributed by atoms with Gasteiger partial charge in [0.05, 0.1) is 12.1 Å². The number of hydrogen-bond donors (Lipinski definition) is 1. The molecule has 0 saturated carbocycles. The van der Waals surface area contributed by atoms with E-state index in [9.17, 15) is 5.11 Å². The number of rotatable bonds is 3. The summed E-state index contributed by atoms with van der Waals surface area (Å²) in [5.74, 6) is 0. The fraction of sp³-hybridized carbons (Fsp3) is 0.250. The van der Waals surface area contributed by atoms with Crippen molar-refractivity contribution >= 4 is 15.9 Å². The van der Waals surface area contributed by atoms with Crippen LogP contribution in [0.25, 0.3) is 0 Å². The molecule has 1 aliphatic rings. The predicted octanol–water partition coefficient (Wildman–Crippen LogP) is 3.22. The van der Waals surface area contributed by atoms with Gasteiger partial charge in [-0.3, -0.25) is 4.90 Å². The number of likely N-dealkylation sites (tertiary alicyclic amines) is 1. The van der Waals surface area contributed by atoms with Crippen molar-refractivity contribution in [1.82, 2.24) is 4.90 Å². The number of benzene rings is 2. The minimum Gasteiger partial charge on any atom is -0.390 e. The lowest BCUT2D eigenvalue weighted by Crippen LogP contribution is -2.52. The SMILES string of the molecule is OC1CN([C@@H](c2ccccc2)c2ccc(Br)cc2)C1. The highest BCUT2D eigenvalue weighted by molar-refractivity contribution is 9.10. The van der Waals surface area contributed by atoms with E-state index in [4.69, 9.17) is 0 Å². The van der Waals surface area contributed by atoms with Crippen molar-refractivity contribution < 1.29 is 5.11 Å². The van der Waals surface area contributed by atoms with Crippen molar-refractivity contribution in [3.8, 4) is 0 Å². The monoisotopic (exact) mass is 317 g/mol. The van der Waals surface area contributed by atoms with Crippen LogP contribution in [0, 0.1) is 0 Å². The number of aliphatic hydroxyl groups is 1. The second kappa shape index (κ2) is 5.45. The van der Waals surface area contributed by atoms with Crippen LogP contribution in [0.4, 0.5) is 0 Å². The van der Waals surface area contributed by atoms with Crippen LogP contribution in [0.1, 0.15) is 17.2 Å². The summed E-state index contributed by atoms with van der Waals surface area (Å²) < 4.78 is 1.09. The number of β-amino-alcohol motifs (C(OH)–C–C–N with tert-alkyl or cyclic N) is 1. The Hall–Kier alpha value is -1.16. The summed E-state index contributed by atoms with van der Waals surface area (Å²) in [6.45, 7) is 1.49. The molecule has 1 N–H and O–H groups in total. The van der Waals surface area contributed by atoms with E-state index in [1.165, 1.54) is 11.1 Å². The number of hydrogen-bond acceptors (Lipinski definition) is 2. The molecular weight excluding hydrogens is 302 g/mol. The second-order valence-corrected chi connectivity index (χ2v) is 5.89. The standard InChI is InChI=1S/C16H16BrNO/c17-14-8-6-13(7-9-14)16(18-10-15(19)11-18)12-4-2-1-3-5-12/h1-9,15-16,19H,10-11H2/t16-/m0/s1. The Morgan fingerprint density at radius 2 is 1.53 bits per heavy atom. The van der Waals surface area contributed by atoms with Crippen molar-refractivity contribution in [3.05, 3.63) is 70.2 Å². The zero-order chi connectivity index (χ0) is 13.2. The normalized spacial score (nSPS) is 18.0. The summed E-state index contributed by atoms with van der Waals surface area (Å²) in [6, 6.07) is 19.1. The quantitative estimate of drug-likeness (QED) is 0.939. The van der Waals surface area contributed by atoms with E-state index in [2.05, 4.69) is 69.4 Å². The van der Waals surface area contributed by atoms with Crippen LogP contribution in [0.15, 0.2) is 59.1 Å². The molecule has 98 valence electrons. The summed E-state index contributed by atoms with van der Waals surface area (Å²) in [7, 11) is 0. The van der Waals surface area contributed by atoms with E-state index in [1.807, 2.05) is 6.07 Å². The summed E-state index contributed by atoms with van der Waals surface area (Å²) >= 11 is 3.47. The van der Waals surface area contributed by atoms with Crippen molar-refractivity contribution in [3.63, 3.8) is 0 Å². The highest BCUT2D eigenvalue weighted by Crippen LogP contribution is 2.32. The number of halogens is 1. The Morgan fingerprint density at radius 1 is 0.947 bits per heavy atom. The Morgan fingerprint density at radius 3 is 2.11 bits per heavy atom. The van der Waals surface area contributed by atoms with E-state index < -0.39 is 0 Å². The average Bonchev–Trinajstić information content (AvgIpc) is 2.40. The first-order valence-corrected chi connectivity index (χ1v) is 7.26. The van der Waals surface area contributed by atoms with Gasteiger partial charge in [-0.2, -0.15) is 0 Å². The highest BCUT2D eigenvalue weighted by atomic mass is 79.9. The lowest BCUT2D eigenvalue weighted by atomic mass is 9.94. The van der Waals surface area contributed by atoms with E-state index in [0.29, 0.717) is 0 Å².